The van der Waals surface area contributed by atoms with E-state index in [4.69, 9.17) is 16.3 Å². The first-order valence-corrected chi connectivity index (χ1v) is 6.37. The number of hydrogen-bond acceptors (Lipinski definition) is 2. The van der Waals surface area contributed by atoms with E-state index in [-0.39, 0.29) is 17.4 Å². The molecule has 0 aliphatic carbocycles. The maximum atomic E-state index is 10.9. The van der Waals surface area contributed by atoms with Crippen LogP contribution >= 0.6 is 11.6 Å². The lowest BCUT2D eigenvalue weighted by atomic mass is 10.0. The van der Waals surface area contributed by atoms with Crippen LogP contribution in [0.2, 0.25) is 0 Å². The Morgan fingerprint density at radius 2 is 2.06 bits per heavy atom. The smallest absolute Gasteiger partial charge is 0.234 e. The Morgan fingerprint density at radius 3 is 2.56 bits per heavy atom. The number of alkyl halides is 1. The second kappa shape index (κ2) is 7.91. The van der Waals surface area contributed by atoms with Gasteiger partial charge in [-0.2, -0.15) is 0 Å². The summed E-state index contributed by atoms with van der Waals surface area (Å²) < 4.78 is 5.77. The van der Waals surface area contributed by atoms with Crippen LogP contribution in [0.25, 0.3) is 0 Å². The standard InChI is InChI=1S/C12H24ClNO2/c1-10(2)5-8-16-12(3,4)6-7-14-11(15)9-13/h10H,5-9H2,1-4H3,(H,14,15). The number of carbonyl (C=O) groups is 1. The normalized spacial score (nSPS) is 11.9. The van der Waals surface area contributed by atoms with Gasteiger partial charge < -0.3 is 10.1 Å². The van der Waals surface area contributed by atoms with Crippen molar-refractivity contribution in [3.8, 4) is 0 Å². The highest BCUT2D eigenvalue weighted by Crippen LogP contribution is 2.15. The molecule has 0 radical (unpaired) electrons. The number of halogens is 1. The highest BCUT2D eigenvalue weighted by molar-refractivity contribution is 6.27. The zero-order valence-corrected chi connectivity index (χ0v) is 11.6. The van der Waals surface area contributed by atoms with Crippen molar-refractivity contribution in [2.75, 3.05) is 19.0 Å². The molecule has 0 aromatic carbocycles. The second-order valence-electron chi connectivity index (χ2n) is 5.02. The molecule has 0 aliphatic rings. The highest BCUT2D eigenvalue weighted by atomic mass is 35.5. The summed E-state index contributed by atoms with van der Waals surface area (Å²) in [4.78, 5) is 10.9. The molecule has 96 valence electrons. The van der Waals surface area contributed by atoms with Gasteiger partial charge in [-0.15, -0.1) is 11.6 Å². The van der Waals surface area contributed by atoms with Crippen LogP contribution in [0.1, 0.15) is 40.5 Å². The maximum Gasteiger partial charge on any atom is 0.234 e. The Kier molecular flexibility index (Phi) is 7.77. The van der Waals surface area contributed by atoms with E-state index in [1.165, 1.54) is 0 Å². The molecule has 0 aliphatic heterocycles. The summed E-state index contributed by atoms with van der Waals surface area (Å²) in [6, 6.07) is 0. The van der Waals surface area contributed by atoms with Gasteiger partial charge in [-0.1, -0.05) is 13.8 Å². The molecule has 0 saturated heterocycles. The SMILES string of the molecule is CC(C)CCOC(C)(C)CCNC(=O)CCl. The molecule has 16 heavy (non-hydrogen) atoms. The van der Waals surface area contributed by atoms with Crippen molar-refractivity contribution in [1.29, 1.82) is 0 Å². The van der Waals surface area contributed by atoms with E-state index < -0.39 is 0 Å². The Morgan fingerprint density at radius 1 is 1.44 bits per heavy atom. The third-order valence-corrected chi connectivity index (χ3v) is 2.60. The van der Waals surface area contributed by atoms with Gasteiger partial charge in [0.05, 0.1) is 5.60 Å². The van der Waals surface area contributed by atoms with E-state index in [0.29, 0.717) is 12.5 Å². The van der Waals surface area contributed by atoms with Gasteiger partial charge in [-0.3, -0.25) is 4.79 Å². The van der Waals surface area contributed by atoms with Gasteiger partial charge in [-0.25, -0.2) is 0 Å². The van der Waals surface area contributed by atoms with Gasteiger partial charge in [0.15, 0.2) is 0 Å². The van der Waals surface area contributed by atoms with Crippen molar-refractivity contribution in [2.45, 2.75) is 46.1 Å². The Labute approximate surface area is 104 Å². The molecule has 1 amide bonds. The van der Waals surface area contributed by atoms with E-state index in [0.717, 1.165) is 19.4 Å². The lowest BCUT2D eigenvalue weighted by Gasteiger charge is -2.26. The average molecular weight is 250 g/mol. The van der Waals surface area contributed by atoms with Crippen LogP contribution in [0, 0.1) is 5.92 Å². The fraction of sp³-hybridized carbons (Fsp3) is 0.917. The van der Waals surface area contributed by atoms with Crippen molar-refractivity contribution in [1.82, 2.24) is 5.32 Å². The number of nitrogens with one attached hydrogen (secondary N) is 1. The summed E-state index contributed by atoms with van der Waals surface area (Å²) in [5.74, 6) is 0.556. The predicted molar refractivity (Wildman–Crippen MR) is 67.8 cm³/mol. The molecule has 0 atom stereocenters. The molecule has 0 fully saturated rings. The fourth-order valence-electron chi connectivity index (χ4n) is 1.19. The van der Waals surface area contributed by atoms with Crippen LogP contribution in [-0.2, 0) is 9.53 Å². The monoisotopic (exact) mass is 249 g/mol. The third kappa shape index (κ3) is 8.98. The lowest BCUT2D eigenvalue weighted by Crippen LogP contribution is -2.33. The Bertz CT molecular complexity index is 205. The highest BCUT2D eigenvalue weighted by Gasteiger charge is 2.18. The van der Waals surface area contributed by atoms with E-state index in [9.17, 15) is 4.79 Å². The molecule has 4 heteroatoms. The summed E-state index contributed by atoms with van der Waals surface area (Å²) in [5.41, 5.74) is -0.186. The predicted octanol–water partition coefficient (Wildman–Crippen LogP) is 2.57. The number of hydrogen-bond donors (Lipinski definition) is 1. The zero-order chi connectivity index (χ0) is 12.6. The molecule has 0 unspecified atom stereocenters. The van der Waals surface area contributed by atoms with Gasteiger partial charge in [0.2, 0.25) is 5.91 Å². The minimum atomic E-state index is -0.186. The summed E-state index contributed by atoms with van der Waals surface area (Å²) in [6.07, 6.45) is 1.87. The van der Waals surface area contributed by atoms with Gasteiger partial charge in [0.25, 0.3) is 0 Å². The number of rotatable bonds is 8. The van der Waals surface area contributed by atoms with Crippen LogP contribution in [0.15, 0.2) is 0 Å². The van der Waals surface area contributed by atoms with E-state index >= 15 is 0 Å². The quantitative estimate of drug-likeness (QED) is 0.672. The number of amides is 1. The summed E-state index contributed by atoms with van der Waals surface area (Å²) in [6.45, 7) is 9.82. The zero-order valence-electron chi connectivity index (χ0n) is 10.8. The van der Waals surface area contributed by atoms with Gasteiger partial charge >= 0.3 is 0 Å². The molecule has 0 heterocycles. The first-order valence-electron chi connectivity index (χ1n) is 5.84. The van der Waals surface area contributed by atoms with Gasteiger partial charge in [0, 0.05) is 13.2 Å². The average Bonchev–Trinajstić information content (AvgIpc) is 2.16. The molecule has 0 aromatic rings. The van der Waals surface area contributed by atoms with Crippen molar-refractivity contribution in [2.24, 2.45) is 5.92 Å². The second-order valence-corrected chi connectivity index (χ2v) is 5.29. The van der Waals surface area contributed by atoms with Crippen LogP contribution < -0.4 is 5.32 Å². The summed E-state index contributed by atoms with van der Waals surface area (Å²) in [5, 5.41) is 2.74. The van der Waals surface area contributed by atoms with Crippen LogP contribution in [0.3, 0.4) is 0 Å². The lowest BCUT2D eigenvalue weighted by molar-refractivity contribution is -0.118. The number of carbonyl (C=O) groups excluding carboxylic acids is 1. The van der Waals surface area contributed by atoms with E-state index in [1.807, 2.05) is 13.8 Å². The van der Waals surface area contributed by atoms with Gasteiger partial charge in [0.1, 0.15) is 5.88 Å². The number of ether oxygens (including phenoxy) is 1. The largest absolute Gasteiger partial charge is 0.375 e. The minimum Gasteiger partial charge on any atom is -0.375 e. The van der Waals surface area contributed by atoms with Crippen LogP contribution in [0.5, 0.6) is 0 Å². The third-order valence-electron chi connectivity index (χ3n) is 2.36. The van der Waals surface area contributed by atoms with Crippen molar-refractivity contribution in [3.63, 3.8) is 0 Å². The molecule has 0 bridgehead atoms. The molecule has 0 saturated carbocycles. The van der Waals surface area contributed by atoms with E-state index in [1.54, 1.807) is 0 Å². The maximum absolute atomic E-state index is 10.9. The molecular formula is C12H24ClNO2. The van der Waals surface area contributed by atoms with E-state index in [2.05, 4.69) is 19.2 Å². The topological polar surface area (TPSA) is 38.3 Å². The summed E-state index contributed by atoms with van der Waals surface area (Å²) >= 11 is 5.38. The van der Waals surface area contributed by atoms with Crippen molar-refractivity contribution >= 4 is 17.5 Å². The first-order chi connectivity index (χ1) is 7.37. The molecule has 0 aromatic heterocycles. The van der Waals surface area contributed by atoms with Crippen LogP contribution in [-0.4, -0.2) is 30.5 Å². The molecular weight excluding hydrogens is 226 g/mol. The molecule has 0 spiro atoms. The molecule has 1 N–H and O–H groups in total. The van der Waals surface area contributed by atoms with Crippen molar-refractivity contribution < 1.29 is 9.53 Å². The molecule has 3 nitrogen and oxygen atoms in total. The summed E-state index contributed by atoms with van der Waals surface area (Å²) in [7, 11) is 0. The van der Waals surface area contributed by atoms with Gasteiger partial charge in [-0.05, 0) is 32.6 Å². The van der Waals surface area contributed by atoms with Crippen LogP contribution in [0.4, 0.5) is 0 Å². The Hall–Kier alpha value is -0.280. The molecule has 0 rings (SSSR count). The Balaban J connectivity index is 3.65. The first kappa shape index (κ1) is 15.7. The minimum absolute atomic E-state index is 0.0225. The van der Waals surface area contributed by atoms with Crippen molar-refractivity contribution in [3.05, 3.63) is 0 Å². The fourth-order valence-corrected chi connectivity index (χ4v) is 1.29.